The lowest BCUT2D eigenvalue weighted by Gasteiger charge is -1.84. The lowest BCUT2D eigenvalue weighted by Crippen LogP contribution is -2.03. The monoisotopic (exact) mass is 128 g/mol. The van der Waals surface area contributed by atoms with Gasteiger partial charge in [-0.25, -0.2) is 9.79 Å². The number of hydrogen-bond acceptors (Lipinski definition) is 1. The molecule has 0 rings (SSSR count). The van der Waals surface area contributed by atoms with Gasteiger partial charge in [0.15, 0.2) is 0 Å². The summed E-state index contributed by atoms with van der Waals surface area (Å²) in [6.07, 6.45) is 4.59. The predicted molar refractivity (Wildman–Crippen MR) is 37.6 cm³/mol. The molecule has 3 nitrogen and oxygen atoms in total. The van der Waals surface area contributed by atoms with Gasteiger partial charge in [-0.1, -0.05) is 13.3 Å². The number of carbonyl (C=O) groups is 1. The fourth-order valence-corrected chi connectivity index (χ4v) is 0.450. The first-order valence-electron chi connectivity index (χ1n) is 3.09. The highest BCUT2D eigenvalue weighted by atomic mass is 16.2. The zero-order valence-corrected chi connectivity index (χ0v) is 5.63. The topological polar surface area (TPSA) is 55.4 Å². The zero-order chi connectivity index (χ0) is 7.11. The SMILES string of the molecule is CCCCC=NC(N)=O. The van der Waals surface area contributed by atoms with Crippen molar-refractivity contribution in [3.8, 4) is 0 Å². The quantitative estimate of drug-likeness (QED) is 0.452. The second kappa shape index (κ2) is 5.28. The molecule has 0 heterocycles. The summed E-state index contributed by atoms with van der Waals surface area (Å²) in [4.78, 5) is 13.4. The maximum absolute atomic E-state index is 9.99. The van der Waals surface area contributed by atoms with Crippen LogP contribution in [0.5, 0.6) is 0 Å². The summed E-state index contributed by atoms with van der Waals surface area (Å²) in [6.45, 7) is 2.08. The van der Waals surface area contributed by atoms with Gasteiger partial charge in [0.2, 0.25) is 0 Å². The fourth-order valence-electron chi connectivity index (χ4n) is 0.450. The van der Waals surface area contributed by atoms with Gasteiger partial charge in [-0.2, -0.15) is 0 Å². The molecule has 52 valence electrons. The Morgan fingerprint density at radius 1 is 1.78 bits per heavy atom. The van der Waals surface area contributed by atoms with Crippen molar-refractivity contribution in [3.05, 3.63) is 0 Å². The molecule has 0 aromatic heterocycles. The third-order valence-electron chi connectivity index (χ3n) is 0.905. The van der Waals surface area contributed by atoms with Crippen molar-refractivity contribution < 1.29 is 4.79 Å². The van der Waals surface area contributed by atoms with Crippen LogP contribution in [0.4, 0.5) is 4.79 Å². The lowest BCUT2D eigenvalue weighted by atomic mass is 10.3. The molecule has 9 heavy (non-hydrogen) atoms. The van der Waals surface area contributed by atoms with E-state index in [2.05, 4.69) is 11.9 Å². The van der Waals surface area contributed by atoms with Crippen LogP contribution in [0.15, 0.2) is 4.99 Å². The standard InChI is InChI=1S/C6H12N2O/c1-2-3-4-5-8-6(7)9/h5H,2-4H2,1H3,(H2,7,9). The third kappa shape index (κ3) is 7.14. The Hall–Kier alpha value is -0.860. The smallest absolute Gasteiger partial charge is 0.337 e. The Morgan fingerprint density at radius 3 is 2.89 bits per heavy atom. The largest absolute Gasteiger partial charge is 0.350 e. The van der Waals surface area contributed by atoms with E-state index in [9.17, 15) is 4.79 Å². The Balaban J connectivity index is 3.15. The van der Waals surface area contributed by atoms with Gasteiger partial charge in [-0.15, -0.1) is 0 Å². The average molecular weight is 128 g/mol. The Bertz CT molecular complexity index is 110. The van der Waals surface area contributed by atoms with Gasteiger partial charge >= 0.3 is 6.03 Å². The van der Waals surface area contributed by atoms with Crippen LogP contribution in [0.25, 0.3) is 0 Å². The number of nitrogens with zero attached hydrogens (tertiary/aromatic N) is 1. The van der Waals surface area contributed by atoms with E-state index in [1.54, 1.807) is 6.21 Å². The van der Waals surface area contributed by atoms with Crippen molar-refractivity contribution in [3.63, 3.8) is 0 Å². The van der Waals surface area contributed by atoms with Gasteiger partial charge < -0.3 is 5.73 Å². The molecule has 0 aliphatic heterocycles. The van der Waals surface area contributed by atoms with Crippen molar-refractivity contribution in [2.75, 3.05) is 0 Å². The highest BCUT2D eigenvalue weighted by Crippen LogP contribution is 1.89. The summed E-state index contributed by atoms with van der Waals surface area (Å²) in [5.41, 5.74) is 4.74. The van der Waals surface area contributed by atoms with Crippen LogP contribution in [0.1, 0.15) is 26.2 Å². The summed E-state index contributed by atoms with van der Waals surface area (Å²) in [7, 11) is 0. The molecule has 0 saturated heterocycles. The number of unbranched alkanes of at least 4 members (excludes halogenated alkanes) is 2. The molecule has 0 fully saturated rings. The van der Waals surface area contributed by atoms with Gasteiger partial charge in [0.25, 0.3) is 0 Å². The van der Waals surface area contributed by atoms with Crippen molar-refractivity contribution in [1.29, 1.82) is 0 Å². The number of aliphatic imine (C=N–C) groups is 1. The first-order chi connectivity index (χ1) is 4.27. The number of primary amides is 1. The van der Waals surface area contributed by atoms with Crippen LogP contribution in [0, 0.1) is 0 Å². The number of nitrogens with two attached hydrogens (primary N) is 1. The maximum atomic E-state index is 9.99. The average Bonchev–Trinajstić information content (AvgIpc) is 1.80. The van der Waals surface area contributed by atoms with Gasteiger partial charge in [-0.3, -0.25) is 0 Å². The van der Waals surface area contributed by atoms with Crippen molar-refractivity contribution in [2.24, 2.45) is 10.7 Å². The van der Waals surface area contributed by atoms with Crippen molar-refractivity contribution >= 4 is 12.2 Å². The van der Waals surface area contributed by atoms with Crippen LogP contribution in [-0.4, -0.2) is 12.2 Å². The van der Waals surface area contributed by atoms with Crippen LogP contribution >= 0.6 is 0 Å². The first-order valence-corrected chi connectivity index (χ1v) is 3.09. The van der Waals surface area contributed by atoms with Crippen molar-refractivity contribution in [1.82, 2.24) is 0 Å². The summed E-state index contributed by atoms with van der Waals surface area (Å²) >= 11 is 0. The first kappa shape index (κ1) is 8.14. The van der Waals surface area contributed by atoms with Crippen LogP contribution in [0.3, 0.4) is 0 Å². The highest BCUT2D eigenvalue weighted by Gasteiger charge is 1.81. The molecule has 0 saturated carbocycles. The molecule has 0 aromatic carbocycles. The molecule has 2 amide bonds. The number of rotatable bonds is 3. The van der Waals surface area contributed by atoms with E-state index in [-0.39, 0.29) is 0 Å². The third-order valence-corrected chi connectivity index (χ3v) is 0.905. The molecule has 3 heteroatoms. The fraction of sp³-hybridized carbons (Fsp3) is 0.667. The summed E-state index contributed by atoms with van der Waals surface area (Å²) < 4.78 is 0. The second-order valence-corrected chi connectivity index (χ2v) is 1.79. The van der Waals surface area contributed by atoms with Gasteiger partial charge in [0.05, 0.1) is 0 Å². The Morgan fingerprint density at radius 2 is 2.44 bits per heavy atom. The molecule has 0 radical (unpaired) electrons. The van der Waals surface area contributed by atoms with Crippen LogP contribution in [0.2, 0.25) is 0 Å². The van der Waals surface area contributed by atoms with Gasteiger partial charge in [0.1, 0.15) is 0 Å². The minimum Gasteiger partial charge on any atom is -0.350 e. The molecule has 0 aliphatic rings. The van der Waals surface area contributed by atoms with Crippen LogP contribution < -0.4 is 5.73 Å². The van der Waals surface area contributed by atoms with E-state index in [1.165, 1.54) is 0 Å². The summed E-state index contributed by atoms with van der Waals surface area (Å²) in [6, 6.07) is -0.605. The summed E-state index contributed by atoms with van der Waals surface area (Å²) in [5.74, 6) is 0. The predicted octanol–water partition coefficient (Wildman–Crippen LogP) is 1.33. The highest BCUT2D eigenvalue weighted by molar-refractivity contribution is 5.81. The molecular weight excluding hydrogens is 116 g/mol. The molecular formula is C6H12N2O. The molecule has 0 unspecified atom stereocenters. The van der Waals surface area contributed by atoms with E-state index in [0.717, 1.165) is 19.3 Å². The van der Waals surface area contributed by atoms with E-state index in [0.29, 0.717) is 0 Å². The summed E-state index contributed by atoms with van der Waals surface area (Å²) in [5, 5.41) is 0. The molecule has 0 aliphatic carbocycles. The number of hydrogen-bond donors (Lipinski definition) is 1. The van der Waals surface area contributed by atoms with Crippen molar-refractivity contribution in [2.45, 2.75) is 26.2 Å². The van der Waals surface area contributed by atoms with E-state index >= 15 is 0 Å². The molecule has 0 atom stereocenters. The second-order valence-electron chi connectivity index (χ2n) is 1.79. The zero-order valence-electron chi connectivity index (χ0n) is 5.63. The molecule has 0 aromatic rings. The molecule has 2 N–H and O–H groups in total. The minimum absolute atomic E-state index is 0.605. The number of amides is 2. The van der Waals surface area contributed by atoms with Gasteiger partial charge in [0, 0.05) is 6.21 Å². The van der Waals surface area contributed by atoms with Crippen LogP contribution in [-0.2, 0) is 0 Å². The minimum atomic E-state index is -0.605. The normalized spacial score (nSPS) is 10.3. The Kier molecular flexibility index (Phi) is 4.78. The number of carbonyl (C=O) groups excluding carboxylic acids is 1. The lowest BCUT2D eigenvalue weighted by molar-refractivity contribution is 0.257. The maximum Gasteiger partial charge on any atom is 0.337 e. The Labute approximate surface area is 55.0 Å². The number of urea groups is 1. The van der Waals surface area contributed by atoms with E-state index in [1.807, 2.05) is 0 Å². The van der Waals surface area contributed by atoms with Gasteiger partial charge in [-0.05, 0) is 12.8 Å². The molecule has 0 spiro atoms. The van der Waals surface area contributed by atoms with E-state index < -0.39 is 6.03 Å². The van der Waals surface area contributed by atoms with E-state index in [4.69, 9.17) is 5.73 Å². The molecule has 0 bridgehead atoms.